The fourth-order valence-electron chi connectivity index (χ4n) is 3.19. The third kappa shape index (κ3) is 5.97. The van der Waals surface area contributed by atoms with Crippen LogP contribution in [-0.2, 0) is 35.4 Å². The minimum absolute atomic E-state index is 0.0784. The number of aryl methyl sites for hydroxylation is 1. The number of thiazole rings is 1. The van der Waals surface area contributed by atoms with Crippen LogP contribution in [0, 0.1) is 6.92 Å². The molecule has 1 aromatic heterocycles. The molecule has 0 saturated carbocycles. The first-order chi connectivity index (χ1) is 16.1. The Labute approximate surface area is 200 Å². The van der Waals surface area contributed by atoms with Crippen molar-refractivity contribution in [3.8, 4) is 0 Å². The van der Waals surface area contributed by atoms with Gasteiger partial charge < -0.3 is 14.0 Å². The predicted octanol–water partition coefficient (Wildman–Crippen LogP) is 2.65. The molecule has 2 aromatic carbocycles. The van der Waals surface area contributed by atoms with Gasteiger partial charge in [0.05, 0.1) is 40.6 Å². The summed E-state index contributed by atoms with van der Waals surface area (Å²) >= 11 is 1.13. The van der Waals surface area contributed by atoms with Gasteiger partial charge in [0.1, 0.15) is 6.54 Å². The molecule has 0 unspecified atom stereocenters. The molecule has 180 valence electrons. The number of hydrogen-bond donors (Lipinski definition) is 0. The van der Waals surface area contributed by atoms with Crippen LogP contribution in [0.3, 0.4) is 0 Å². The summed E-state index contributed by atoms with van der Waals surface area (Å²) in [6.45, 7) is 1.69. The Morgan fingerprint density at radius 3 is 2.38 bits per heavy atom. The zero-order valence-corrected chi connectivity index (χ0v) is 20.6. The molecule has 0 bridgehead atoms. The Kier molecular flexibility index (Phi) is 8.00. The Hall–Kier alpha value is -3.31. The number of amides is 1. The van der Waals surface area contributed by atoms with E-state index in [2.05, 4.69) is 4.99 Å². The molecule has 0 spiro atoms. The van der Waals surface area contributed by atoms with Crippen molar-refractivity contribution in [1.82, 2.24) is 4.57 Å². The summed E-state index contributed by atoms with van der Waals surface area (Å²) in [5.41, 5.74) is 1.87. The highest BCUT2D eigenvalue weighted by molar-refractivity contribution is 7.91. The van der Waals surface area contributed by atoms with Gasteiger partial charge in [-0.05, 0) is 43.7 Å². The van der Waals surface area contributed by atoms with Crippen molar-refractivity contribution >= 4 is 49.2 Å². The molecule has 0 radical (unpaired) electrons. The lowest BCUT2D eigenvalue weighted by Crippen LogP contribution is -2.22. The van der Waals surface area contributed by atoms with Gasteiger partial charge in [0, 0.05) is 6.42 Å². The lowest BCUT2D eigenvalue weighted by Gasteiger charge is -2.05. The van der Waals surface area contributed by atoms with E-state index in [4.69, 9.17) is 9.47 Å². The number of carbonyl (C=O) groups excluding carboxylic acids is 3. The summed E-state index contributed by atoms with van der Waals surface area (Å²) in [7, 11) is -0.983. The van der Waals surface area contributed by atoms with Crippen LogP contribution < -0.4 is 4.80 Å². The number of aromatic nitrogens is 1. The minimum Gasteiger partial charge on any atom is -0.468 e. The van der Waals surface area contributed by atoms with Crippen molar-refractivity contribution in [3.05, 3.63) is 58.4 Å². The Bertz CT molecular complexity index is 1400. The van der Waals surface area contributed by atoms with E-state index in [9.17, 15) is 22.8 Å². The largest absolute Gasteiger partial charge is 0.468 e. The fourth-order valence-corrected chi connectivity index (χ4v) is 5.59. The molecule has 1 heterocycles. The van der Waals surface area contributed by atoms with Gasteiger partial charge in [-0.15, -0.1) is 0 Å². The van der Waals surface area contributed by atoms with Crippen LogP contribution in [0.5, 0.6) is 0 Å². The normalized spacial score (nSPS) is 12.0. The number of hydrogen-bond acceptors (Lipinski definition) is 8. The van der Waals surface area contributed by atoms with Crippen LogP contribution in [0.2, 0.25) is 0 Å². The minimum atomic E-state index is -3.51. The molecule has 0 atom stereocenters. The van der Waals surface area contributed by atoms with Gasteiger partial charge in [-0.25, -0.2) is 13.2 Å². The zero-order chi connectivity index (χ0) is 24.9. The second-order valence-corrected chi connectivity index (χ2v) is 10.6. The first-order valence-electron chi connectivity index (χ1n) is 10.3. The van der Waals surface area contributed by atoms with Gasteiger partial charge in [-0.1, -0.05) is 29.0 Å². The van der Waals surface area contributed by atoms with Crippen molar-refractivity contribution < 1.29 is 32.3 Å². The second kappa shape index (κ2) is 10.7. The highest BCUT2D eigenvalue weighted by atomic mass is 32.2. The summed E-state index contributed by atoms with van der Waals surface area (Å²) in [5.74, 6) is -1.75. The Balaban J connectivity index is 1.83. The molecule has 0 aliphatic rings. The number of carbonyl (C=O) groups is 3. The maximum atomic E-state index is 12.5. The predicted molar refractivity (Wildman–Crippen MR) is 126 cm³/mol. The zero-order valence-electron chi connectivity index (χ0n) is 18.9. The van der Waals surface area contributed by atoms with Crippen molar-refractivity contribution in [2.75, 3.05) is 20.0 Å². The quantitative estimate of drug-likeness (QED) is 0.432. The summed E-state index contributed by atoms with van der Waals surface area (Å²) in [5, 5.41) is 0. The third-order valence-corrected chi connectivity index (χ3v) is 7.88. The van der Waals surface area contributed by atoms with Crippen LogP contribution in [0.4, 0.5) is 0 Å². The number of nitrogens with zero attached hydrogens (tertiary/aromatic N) is 2. The molecule has 0 aliphatic heterocycles. The molecule has 3 rings (SSSR count). The highest BCUT2D eigenvalue weighted by Gasteiger charge is 2.17. The first kappa shape index (κ1) is 25.3. The molecule has 0 fully saturated rings. The maximum absolute atomic E-state index is 12.5. The van der Waals surface area contributed by atoms with Gasteiger partial charge in [-0.2, -0.15) is 4.99 Å². The van der Waals surface area contributed by atoms with Crippen LogP contribution in [0.25, 0.3) is 10.2 Å². The van der Waals surface area contributed by atoms with Crippen molar-refractivity contribution in [2.45, 2.75) is 31.2 Å². The molecular weight excluding hydrogens is 480 g/mol. The van der Waals surface area contributed by atoms with Gasteiger partial charge in [0.2, 0.25) is 5.91 Å². The average Bonchev–Trinajstić information content (AvgIpc) is 3.14. The van der Waals surface area contributed by atoms with Crippen LogP contribution in [0.1, 0.15) is 28.8 Å². The lowest BCUT2D eigenvalue weighted by molar-refractivity contribution is -0.141. The SMILES string of the molecule is COC(=O)Cn1c(=NC(=O)CCCS(=O)(=O)c2ccc(C)cc2)sc2cc(C(=O)OC)ccc21. The molecule has 0 aliphatic carbocycles. The van der Waals surface area contributed by atoms with E-state index in [0.29, 0.717) is 15.8 Å². The highest BCUT2D eigenvalue weighted by Crippen LogP contribution is 2.20. The lowest BCUT2D eigenvalue weighted by atomic mass is 10.2. The molecule has 11 heteroatoms. The molecule has 3 aromatic rings. The molecule has 0 saturated heterocycles. The van der Waals surface area contributed by atoms with Crippen LogP contribution >= 0.6 is 11.3 Å². The molecular formula is C23H24N2O7S2. The van der Waals surface area contributed by atoms with E-state index in [1.807, 2.05) is 6.92 Å². The first-order valence-corrected chi connectivity index (χ1v) is 12.8. The van der Waals surface area contributed by atoms with Crippen molar-refractivity contribution in [3.63, 3.8) is 0 Å². The number of sulfone groups is 1. The van der Waals surface area contributed by atoms with Gasteiger partial charge in [-0.3, -0.25) is 9.59 Å². The summed E-state index contributed by atoms with van der Waals surface area (Å²) in [4.78, 5) is 40.8. The van der Waals surface area contributed by atoms with E-state index in [0.717, 1.165) is 16.9 Å². The number of methoxy groups -OCH3 is 2. The molecule has 34 heavy (non-hydrogen) atoms. The van der Waals surface area contributed by atoms with Crippen LogP contribution in [-0.4, -0.2) is 50.8 Å². The molecule has 0 N–H and O–H groups in total. The number of ether oxygens (including phenoxy) is 2. The smallest absolute Gasteiger partial charge is 0.337 e. The maximum Gasteiger partial charge on any atom is 0.337 e. The van der Waals surface area contributed by atoms with E-state index in [1.165, 1.54) is 18.8 Å². The van der Waals surface area contributed by atoms with E-state index in [1.54, 1.807) is 42.5 Å². The third-order valence-electron chi connectivity index (χ3n) is 5.02. The number of rotatable bonds is 8. The monoisotopic (exact) mass is 504 g/mol. The van der Waals surface area contributed by atoms with Crippen molar-refractivity contribution in [1.29, 1.82) is 0 Å². The van der Waals surface area contributed by atoms with E-state index >= 15 is 0 Å². The van der Waals surface area contributed by atoms with Gasteiger partial charge >= 0.3 is 11.9 Å². The standard InChI is InChI=1S/C23H24N2O7S2/c1-15-6-9-17(10-7-15)34(29,30)12-4-5-20(26)24-23-25(14-21(27)31-2)18-11-8-16(22(28)32-3)13-19(18)33-23/h6-11,13H,4-5,12,14H2,1-3H3. The Morgan fingerprint density at radius 1 is 1.03 bits per heavy atom. The van der Waals surface area contributed by atoms with Crippen molar-refractivity contribution in [2.24, 2.45) is 4.99 Å². The van der Waals surface area contributed by atoms with E-state index < -0.39 is 27.7 Å². The number of esters is 2. The average molecular weight is 505 g/mol. The number of benzene rings is 2. The Morgan fingerprint density at radius 2 is 1.74 bits per heavy atom. The number of fused-ring (bicyclic) bond motifs is 1. The van der Waals surface area contributed by atoms with Gasteiger partial charge in [0.15, 0.2) is 14.6 Å². The summed E-state index contributed by atoms with van der Waals surface area (Å²) in [6, 6.07) is 11.3. The second-order valence-electron chi connectivity index (χ2n) is 7.46. The van der Waals surface area contributed by atoms with Gasteiger partial charge in [0.25, 0.3) is 0 Å². The summed E-state index contributed by atoms with van der Waals surface area (Å²) < 4.78 is 36.6. The fraction of sp³-hybridized carbons (Fsp3) is 0.304. The van der Waals surface area contributed by atoms with Crippen LogP contribution in [0.15, 0.2) is 52.4 Å². The molecule has 9 nitrogen and oxygen atoms in total. The topological polar surface area (TPSA) is 121 Å². The van der Waals surface area contributed by atoms with E-state index in [-0.39, 0.29) is 34.8 Å². The molecule has 1 amide bonds. The summed E-state index contributed by atoms with van der Waals surface area (Å²) in [6.07, 6.45) is 0.0257.